The van der Waals surface area contributed by atoms with Gasteiger partial charge in [0, 0.05) is 11.8 Å². The molecular formula is C25H28O5S. The molecule has 5 rings (SSSR count). The van der Waals surface area contributed by atoms with E-state index in [1.54, 1.807) is 30.4 Å². The second-order valence-corrected chi connectivity index (χ2v) is 11.4. The fourth-order valence-corrected chi connectivity index (χ4v) is 7.87. The summed E-state index contributed by atoms with van der Waals surface area (Å²) in [4.78, 5) is 25.2. The molecule has 0 heterocycles. The van der Waals surface area contributed by atoms with Gasteiger partial charge in [-0.05, 0) is 74.1 Å². The Morgan fingerprint density at radius 1 is 1.03 bits per heavy atom. The van der Waals surface area contributed by atoms with E-state index >= 15 is 0 Å². The van der Waals surface area contributed by atoms with Crippen molar-refractivity contribution in [3.8, 4) is 0 Å². The smallest absolute Gasteiger partial charge is 0.297 e. The largest absolute Gasteiger partial charge is 0.299 e. The molecule has 164 valence electrons. The Bertz CT molecular complexity index is 1090. The van der Waals surface area contributed by atoms with Crippen molar-refractivity contribution in [2.24, 2.45) is 28.6 Å². The fraction of sp³-hybridized carbons (Fsp3) is 0.520. The van der Waals surface area contributed by atoms with Gasteiger partial charge in [-0.1, -0.05) is 36.8 Å². The van der Waals surface area contributed by atoms with Crippen molar-refractivity contribution in [1.82, 2.24) is 0 Å². The first-order valence-electron chi connectivity index (χ1n) is 11.2. The Balaban J connectivity index is 1.42. The molecule has 6 heteroatoms. The maximum absolute atomic E-state index is 13.1. The van der Waals surface area contributed by atoms with Gasteiger partial charge in [-0.3, -0.25) is 13.8 Å². The van der Waals surface area contributed by atoms with E-state index in [1.165, 1.54) is 17.7 Å². The van der Waals surface area contributed by atoms with Crippen LogP contribution in [0.15, 0.2) is 59.0 Å². The first-order chi connectivity index (χ1) is 14.8. The number of rotatable bonds is 4. The van der Waals surface area contributed by atoms with Gasteiger partial charge in [0.15, 0.2) is 5.78 Å². The minimum absolute atomic E-state index is 0.0617. The summed E-state index contributed by atoms with van der Waals surface area (Å²) in [6, 6.07) is 8.13. The van der Waals surface area contributed by atoms with Crippen LogP contribution >= 0.6 is 0 Å². The first kappa shape index (κ1) is 20.8. The molecule has 1 aromatic carbocycles. The number of hydrogen-bond donors (Lipinski definition) is 0. The zero-order valence-electron chi connectivity index (χ0n) is 17.8. The highest BCUT2D eigenvalue weighted by Gasteiger charge is 2.60. The maximum Gasteiger partial charge on any atom is 0.297 e. The molecule has 4 aliphatic rings. The van der Waals surface area contributed by atoms with Crippen molar-refractivity contribution < 1.29 is 22.2 Å². The van der Waals surface area contributed by atoms with E-state index in [1.807, 2.05) is 0 Å². The summed E-state index contributed by atoms with van der Waals surface area (Å²) >= 11 is 0. The lowest BCUT2D eigenvalue weighted by molar-refractivity contribution is -0.136. The molecule has 3 fully saturated rings. The molecule has 0 unspecified atom stereocenters. The predicted molar refractivity (Wildman–Crippen MR) is 116 cm³/mol. The third kappa shape index (κ3) is 3.18. The molecule has 0 saturated heterocycles. The fourth-order valence-electron chi connectivity index (χ4n) is 6.88. The van der Waals surface area contributed by atoms with Crippen molar-refractivity contribution in [2.45, 2.75) is 50.3 Å². The van der Waals surface area contributed by atoms with Gasteiger partial charge in [-0.25, -0.2) is 0 Å². The number of ketones is 2. The number of carbonyl (C=O) groups excluding carboxylic acids is 2. The molecule has 0 radical (unpaired) electrons. The Labute approximate surface area is 183 Å². The summed E-state index contributed by atoms with van der Waals surface area (Å²) in [5.41, 5.74) is 0.349. The molecule has 5 nitrogen and oxygen atoms in total. The summed E-state index contributed by atoms with van der Waals surface area (Å²) in [6.45, 7) is 2.16. The molecule has 31 heavy (non-hydrogen) atoms. The van der Waals surface area contributed by atoms with Gasteiger partial charge in [0.25, 0.3) is 10.1 Å². The second-order valence-electron chi connectivity index (χ2n) is 9.79. The summed E-state index contributed by atoms with van der Waals surface area (Å²) < 4.78 is 31.0. The maximum atomic E-state index is 13.1. The monoisotopic (exact) mass is 440 g/mol. The van der Waals surface area contributed by atoms with Crippen molar-refractivity contribution >= 4 is 21.7 Å². The van der Waals surface area contributed by atoms with Crippen LogP contribution in [-0.2, 0) is 23.9 Å². The Hall–Kier alpha value is -2.05. The highest BCUT2D eigenvalue weighted by molar-refractivity contribution is 7.86. The van der Waals surface area contributed by atoms with E-state index < -0.39 is 15.5 Å². The van der Waals surface area contributed by atoms with Crippen LogP contribution in [0.3, 0.4) is 0 Å². The number of benzene rings is 1. The number of allylic oxidation sites excluding steroid dienone is 4. The molecule has 0 amide bonds. The van der Waals surface area contributed by atoms with E-state index in [0.29, 0.717) is 24.7 Å². The van der Waals surface area contributed by atoms with E-state index in [-0.39, 0.29) is 34.4 Å². The topological polar surface area (TPSA) is 77.5 Å². The van der Waals surface area contributed by atoms with Crippen LogP contribution in [0.4, 0.5) is 0 Å². The second kappa shape index (κ2) is 7.24. The molecule has 0 spiro atoms. The van der Waals surface area contributed by atoms with Gasteiger partial charge in [0.1, 0.15) is 5.78 Å². The third-order valence-corrected chi connectivity index (χ3v) is 9.78. The molecule has 1 aromatic rings. The molecule has 0 bridgehead atoms. The van der Waals surface area contributed by atoms with Crippen LogP contribution in [0.1, 0.15) is 45.4 Å². The van der Waals surface area contributed by atoms with Crippen LogP contribution in [0, 0.1) is 28.6 Å². The minimum Gasteiger partial charge on any atom is -0.299 e. The van der Waals surface area contributed by atoms with Gasteiger partial charge in [0.2, 0.25) is 0 Å². The number of Topliss-reactive ketones (excluding diaryl/α,β-unsaturated/α-hetero) is 1. The Kier molecular flexibility index (Phi) is 4.87. The first-order valence-corrected chi connectivity index (χ1v) is 12.6. The van der Waals surface area contributed by atoms with Crippen LogP contribution in [-0.4, -0.2) is 26.6 Å². The van der Waals surface area contributed by atoms with Crippen molar-refractivity contribution in [2.75, 3.05) is 6.61 Å². The molecule has 0 aliphatic heterocycles. The minimum atomic E-state index is -3.90. The van der Waals surface area contributed by atoms with Gasteiger partial charge >= 0.3 is 0 Å². The average molecular weight is 441 g/mol. The van der Waals surface area contributed by atoms with Crippen LogP contribution in [0.5, 0.6) is 0 Å². The summed E-state index contributed by atoms with van der Waals surface area (Å²) in [7, 11) is -3.90. The zero-order valence-corrected chi connectivity index (χ0v) is 18.6. The van der Waals surface area contributed by atoms with Crippen LogP contribution < -0.4 is 0 Å². The molecule has 5 atom stereocenters. The summed E-state index contributed by atoms with van der Waals surface area (Å²) in [6.07, 6.45) is 10.1. The Morgan fingerprint density at radius 3 is 2.58 bits per heavy atom. The molecule has 3 saturated carbocycles. The molecule has 0 N–H and O–H groups in total. The lowest BCUT2D eigenvalue weighted by Gasteiger charge is -2.56. The number of hydrogen-bond acceptors (Lipinski definition) is 5. The normalized spacial score (nSPS) is 37.1. The molecule has 4 aliphatic carbocycles. The summed E-state index contributed by atoms with van der Waals surface area (Å²) in [5.74, 6) is 1.05. The van der Waals surface area contributed by atoms with Gasteiger partial charge in [-0.15, -0.1) is 0 Å². The van der Waals surface area contributed by atoms with Crippen molar-refractivity contribution in [3.05, 3.63) is 54.1 Å². The third-order valence-electron chi connectivity index (χ3n) is 8.51. The van der Waals surface area contributed by atoms with E-state index in [0.717, 1.165) is 25.7 Å². The zero-order chi connectivity index (χ0) is 21.9. The van der Waals surface area contributed by atoms with E-state index in [9.17, 15) is 18.0 Å². The predicted octanol–water partition coefficient (Wildman–Crippen LogP) is 4.25. The summed E-state index contributed by atoms with van der Waals surface area (Å²) in [5, 5.41) is 0. The van der Waals surface area contributed by atoms with E-state index in [2.05, 4.69) is 13.0 Å². The SMILES string of the molecule is C[C@]12C=CC(=O)C=C1CC[C@H]1[C@@H]3CCC(=O)[C@@]3(COS(=O)(=O)c3ccccc3)CC[C@@H]12. The lowest BCUT2D eigenvalue weighted by Crippen LogP contribution is -2.52. The van der Waals surface area contributed by atoms with Crippen LogP contribution in [0.2, 0.25) is 0 Å². The number of fused-ring (bicyclic) bond motifs is 5. The van der Waals surface area contributed by atoms with E-state index in [4.69, 9.17) is 4.18 Å². The highest BCUT2D eigenvalue weighted by atomic mass is 32.2. The highest BCUT2D eigenvalue weighted by Crippen LogP contribution is 2.63. The van der Waals surface area contributed by atoms with Crippen molar-refractivity contribution in [3.63, 3.8) is 0 Å². The molecular weight excluding hydrogens is 412 g/mol. The lowest BCUT2D eigenvalue weighted by atomic mass is 9.48. The van der Waals surface area contributed by atoms with Crippen molar-refractivity contribution in [1.29, 1.82) is 0 Å². The average Bonchev–Trinajstić information content (AvgIpc) is 3.10. The van der Waals surface area contributed by atoms with Gasteiger partial charge in [0.05, 0.1) is 16.9 Å². The quantitative estimate of drug-likeness (QED) is 0.654. The number of carbonyl (C=O) groups is 2. The Morgan fingerprint density at radius 2 is 1.81 bits per heavy atom. The van der Waals surface area contributed by atoms with Gasteiger partial charge in [-0.2, -0.15) is 8.42 Å². The molecule has 0 aromatic heterocycles. The van der Waals surface area contributed by atoms with Gasteiger partial charge < -0.3 is 0 Å². The van der Waals surface area contributed by atoms with Crippen LogP contribution in [0.25, 0.3) is 0 Å². The standard InChI is InChI=1S/C25H28O5S/c1-24-13-11-18(26)15-17(24)7-8-20-21(24)12-14-25(22(20)9-10-23(25)27)16-30-31(28,29)19-5-3-2-4-6-19/h2-6,11,13,15,20-22H,7-10,12,14,16H2,1H3/t20-,21+,22+,24+,25-/m1/s1.